The van der Waals surface area contributed by atoms with Gasteiger partial charge in [-0.05, 0) is 6.42 Å². The Morgan fingerprint density at radius 1 is 1.32 bits per heavy atom. The van der Waals surface area contributed by atoms with Gasteiger partial charge < -0.3 is 0 Å². The number of imidazole rings is 1. The van der Waals surface area contributed by atoms with Crippen molar-refractivity contribution in [3.8, 4) is 5.82 Å². The van der Waals surface area contributed by atoms with Gasteiger partial charge in [0.2, 0.25) is 5.65 Å². The summed E-state index contributed by atoms with van der Waals surface area (Å²) in [4.78, 5) is 20.4. The summed E-state index contributed by atoms with van der Waals surface area (Å²) < 4.78 is 4.62. The van der Waals surface area contributed by atoms with Crippen molar-refractivity contribution in [1.82, 2.24) is 28.7 Å². The van der Waals surface area contributed by atoms with Crippen LogP contribution in [-0.4, -0.2) is 28.7 Å². The molecule has 0 aromatic carbocycles. The van der Waals surface area contributed by atoms with Gasteiger partial charge in [0.25, 0.3) is 0 Å². The number of aromatic nitrogens is 6. The van der Waals surface area contributed by atoms with Gasteiger partial charge in [-0.2, -0.15) is 0 Å². The lowest BCUT2D eigenvalue weighted by atomic mass is 10.4. The molecule has 7 heteroatoms. The molecule has 3 heterocycles. The Morgan fingerprint density at radius 2 is 2.21 bits per heavy atom. The molecule has 0 saturated heterocycles. The van der Waals surface area contributed by atoms with E-state index in [1.165, 1.54) is 9.08 Å². The van der Waals surface area contributed by atoms with Gasteiger partial charge in [-0.25, -0.2) is 23.8 Å². The number of aryl methyl sites for hydroxylation is 1. The zero-order valence-electron chi connectivity index (χ0n) is 10.2. The predicted molar refractivity (Wildman–Crippen MR) is 69.2 cm³/mol. The van der Waals surface area contributed by atoms with Crippen molar-refractivity contribution in [3.63, 3.8) is 0 Å². The number of allylic oxidation sites excluding steroid dienone is 1. The molecule has 0 spiro atoms. The highest BCUT2D eigenvalue weighted by molar-refractivity contribution is 5.52. The molecule has 0 amide bonds. The number of nitrogens with zero attached hydrogens (tertiary/aromatic N) is 6. The molecule has 0 unspecified atom stereocenters. The highest BCUT2D eigenvalue weighted by Crippen LogP contribution is 2.08. The van der Waals surface area contributed by atoms with E-state index < -0.39 is 0 Å². The second kappa shape index (κ2) is 4.52. The highest BCUT2D eigenvalue weighted by Gasteiger charge is 2.12. The Morgan fingerprint density at radius 3 is 2.95 bits per heavy atom. The third kappa shape index (κ3) is 1.85. The zero-order valence-corrected chi connectivity index (χ0v) is 10.2. The van der Waals surface area contributed by atoms with Gasteiger partial charge >= 0.3 is 5.69 Å². The van der Waals surface area contributed by atoms with Crippen LogP contribution in [-0.2, 0) is 6.54 Å². The van der Waals surface area contributed by atoms with Crippen molar-refractivity contribution in [2.24, 2.45) is 0 Å². The number of rotatable bonds is 4. The molecule has 7 nitrogen and oxygen atoms in total. The van der Waals surface area contributed by atoms with Crippen molar-refractivity contribution >= 4 is 5.65 Å². The van der Waals surface area contributed by atoms with Gasteiger partial charge in [-0.15, -0.1) is 11.7 Å². The number of hydrogen-bond acceptors (Lipinski definition) is 4. The molecule has 3 aromatic rings. The van der Waals surface area contributed by atoms with Gasteiger partial charge in [-0.3, -0.25) is 4.57 Å². The Labute approximate surface area is 108 Å². The Hall–Kier alpha value is -2.70. The van der Waals surface area contributed by atoms with E-state index in [-0.39, 0.29) is 5.69 Å². The van der Waals surface area contributed by atoms with Crippen LogP contribution in [0.2, 0.25) is 0 Å². The lowest BCUT2D eigenvalue weighted by Gasteiger charge is -2.00. The summed E-state index contributed by atoms with van der Waals surface area (Å²) in [6.07, 6.45) is 10.7. The fourth-order valence-corrected chi connectivity index (χ4v) is 1.86. The van der Waals surface area contributed by atoms with Crippen molar-refractivity contribution in [2.45, 2.75) is 13.0 Å². The van der Waals surface area contributed by atoms with Crippen LogP contribution in [0.25, 0.3) is 11.5 Å². The van der Waals surface area contributed by atoms with Crippen LogP contribution in [0.3, 0.4) is 0 Å². The number of fused-ring (bicyclic) bond motifs is 1. The fraction of sp³-hybridized carbons (Fsp3) is 0.167. The molecule has 0 aliphatic carbocycles. The van der Waals surface area contributed by atoms with Crippen LogP contribution in [0.15, 0.2) is 48.6 Å². The monoisotopic (exact) mass is 256 g/mol. The van der Waals surface area contributed by atoms with Crippen LogP contribution in [0.4, 0.5) is 0 Å². The summed E-state index contributed by atoms with van der Waals surface area (Å²) >= 11 is 0. The summed E-state index contributed by atoms with van der Waals surface area (Å²) in [7, 11) is 0. The normalized spacial score (nSPS) is 10.9. The zero-order chi connectivity index (χ0) is 13.2. The van der Waals surface area contributed by atoms with Crippen LogP contribution in [0.5, 0.6) is 0 Å². The average molecular weight is 256 g/mol. The third-order valence-electron chi connectivity index (χ3n) is 2.78. The predicted octanol–water partition coefficient (Wildman–Crippen LogP) is 0.653. The molecule has 0 aliphatic heterocycles. The quantitative estimate of drug-likeness (QED) is 0.643. The molecule has 0 saturated carbocycles. The molecular formula is C12H12N6O. The maximum absolute atomic E-state index is 12.1. The summed E-state index contributed by atoms with van der Waals surface area (Å²) in [5.41, 5.74) is 0.329. The van der Waals surface area contributed by atoms with Crippen LogP contribution in [0, 0.1) is 0 Å². The molecule has 3 aromatic heterocycles. The van der Waals surface area contributed by atoms with E-state index in [9.17, 15) is 4.79 Å². The first kappa shape index (κ1) is 11.4. The van der Waals surface area contributed by atoms with Crippen molar-refractivity contribution in [3.05, 3.63) is 54.3 Å². The van der Waals surface area contributed by atoms with Crippen molar-refractivity contribution in [2.75, 3.05) is 0 Å². The largest absolute Gasteiger partial charge is 0.350 e. The molecule has 0 N–H and O–H groups in total. The first-order valence-corrected chi connectivity index (χ1v) is 5.84. The van der Waals surface area contributed by atoms with Gasteiger partial charge in [0.15, 0.2) is 5.82 Å². The van der Waals surface area contributed by atoms with E-state index in [0.717, 1.165) is 0 Å². The summed E-state index contributed by atoms with van der Waals surface area (Å²) in [6, 6.07) is 0. The van der Waals surface area contributed by atoms with E-state index in [1.807, 2.05) is 0 Å². The smallest absolute Gasteiger partial charge is 0.287 e. The molecule has 96 valence electrons. The van der Waals surface area contributed by atoms with Crippen LogP contribution in [0.1, 0.15) is 6.42 Å². The molecule has 0 aliphatic rings. The Bertz CT molecular complexity index is 767. The van der Waals surface area contributed by atoms with Gasteiger partial charge in [-0.1, -0.05) is 6.08 Å². The first-order valence-electron chi connectivity index (χ1n) is 5.84. The lowest BCUT2D eigenvalue weighted by Crippen LogP contribution is -2.20. The van der Waals surface area contributed by atoms with Crippen molar-refractivity contribution < 1.29 is 0 Å². The Kier molecular flexibility index (Phi) is 2.71. The van der Waals surface area contributed by atoms with Gasteiger partial charge in [0.1, 0.15) is 6.33 Å². The minimum Gasteiger partial charge on any atom is -0.287 e. The summed E-state index contributed by atoms with van der Waals surface area (Å²) in [5, 5.41) is 4.31. The fourth-order valence-electron chi connectivity index (χ4n) is 1.86. The molecule has 0 fully saturated rings. The molecule has 0 atom stereocenters. The molecular weight excluding hydrogens is 244 g/mol. The number of hydrogen-bond donors (Lipinski definition) is 0. The topological polar surface area (TPSA) is 70.0 Å². The average Bonchev–Trinajstić information content (AvgIpc) is 3.05. The summed E-state index contributed by atoms with van der Waals surface area (Å²) in [5.74, 6) is 0.578. The van der Waals surface area contributed by atoms with E-state index in [0.29, 0.717) is 24.4 Å². The summed E-state index contributed by atoms with van der Waals surface area (Å²) in [6.45, 7) is 4.15. The van der Waals surface area contributed by atoms with Crippen molar-refractivity contribution in [1.29, 1.82) is 0 Å². The minimum atomic E-state index is -0.180. The second-order valence-corrected chi connectivity index (χ2v) is 4.00. The van der Waals surface area contributed by atoms with E-state index in [1.54, 1.807) is 41.8 Å². The first-order chi connectivity index (χ1) is 9.31. The lowest BCUT2D eigenvalue weighted by molar-refractivity contribution is 0.601. The van der Waals surface area contributed by atoms with E-state index in [2.05, 4.69) is 21.6 Å². The molecule has 19 heavy (non-hydrogen) atoms. The highest BCUT2D eigenvalue weighted by atomic mass is 16.2. The molecule has 3 rings (SSSR count). The second-order valence-electron chi connectivity index (χ2n) is 4.00. The van der Waals surface area contributed by atoms with Crippen LogP contribution < -0.4 is 5.69 Å². The molecule has 0 radical (unpaired) electrons. The maximum atomic E-state index is 12.1. The standard InChI is InChI=1S/C12H12N6O/c1-2-3-6-18-12(19)17-8-5-14-10(11(17)15-18)16-7-4-13-9-16/h2,4-5,7-9H,1,3,6H2. The van der Waals surface area contributed by atoms with Gasteiger partial charge in [0.05, 0.1) is 0 Å². The SMILES string of the molecule is C=CCCn1nc2c(-n3ccnc3)nccn2c1=O. The molecule has 0 bridgehead atoms. The van der Waals surface area contributed by atoms with E-state index in [4.69, 9.17) is 0 Å². The van der Waals surface area contributed by atoms with E-state index >= 15 is 0 Å². The Balaban J connectivity index is 2.20. The maximum Gasteiger partial charge on any atom is 0.350 e. The van der Waals surface area contributed by atoms with Crippen LogP contribution >= 0.6 is 0 Å². The minimum absolute atomic E-state index is 0.180. The van der Waals surface area contributed by atoms with Gasteiger partial charge in [0, 0.05) is 31.3 Å². The third-order valence-corrected chi connectivity index (χ3v) is 2.78.